The summed E-state index contributed by atoms with van der Waals surface area (Å²) in [7, 11) is 1.12. The van der Waals surface area contributed by atoms with Crippen molar-refractivity contribution in [3.63, 3.8) is 0 Å². The summed E-state index contributed by atoms with van der Waals surface area (Å²) >= 11 is 16.6. The molecule has 0 aromatic heterocycles. The number of rotatable bonds is 12. The molecule has 13 heteroatoms. The fraction of sp³-hybridized carbons (Fsp3) is 0.762. The van der Waals surface area contributed by atoms with Gasteiger partial charge in [0.25, 0.3) is 5.91 Å². The van der Waals surface area contributed by atoms with Crippen molar-refractivity contribution in [2.24, 2.45) is 17.8 Å². The molecular formula is C21H32Cl3NO9. The predicted octanol–water partition coefficient (Wildman–Crippen LogP) is 2.74. The van der Waals surface area contributed by atoms with Crippen molar-refractivity contribution in [1.29, 1.82) is 0 Å². The lowest BCUT2D eigenvalue weighted by Gasteiger charge is -2.24. The summed E-state index contributed by atoms with van der Waals surface area (Å²) in [6, 6.07) is -1.59. The molecule has 0 rings (SSSR count). The first-order chi connectivity index (χ1) is 15.5. The van der Waals surface area contributed by atoms with E-state index in [0.29, 0.717) is 0 Å². The molecule has 0 aromatic carbocycles. The number of carbonyl (C=O) groups excluding carboxylic acids is 5. The van der Waals surface area contributed by atoms with Crippen molar-refractivity contribution >= 4 is 64.6 Å². The highest BCUT2D eigenvalue weighted by Crippen LogP contribution is 2.26. The quantitative estimate of drug-likeness (QED) is 0.222. The number of nitrogens with one attached hydrogen (secondary N) is 1. The summed E-state index contributed by atoms with van der Waals surface area (Å²) in [5, 5.41) is 2.28. The predicted molar refractivity (Wildman–Crippen MR) is 124 cm³/mol. The first-order valence-corrected chi connectivity index (χ1v) is 11.6. The standard InChI is InChI=1S/C21H32Cl3NO9/c1-10(2)12(5)18(28)33-13(6)17(27)25-14(8-15(26)32-9-21(22,23)24)19(29)34-16(11(3)4)20(30)31-7/h10-14,16H,8-9H2,1-7H3,(H,25,27)/t12-,13+,14?,16?/m1/s1. The van der Waals surface area contributed by atoms with Crippen LogP contribution in [-0.2, 0) is 42.9 Å². The number of esters is 4. The van der Waals surface area contributed by atoms with E-state index >= 15 is 0 Å². The Balaban J connectivity index is 5.52. The Morgan fingerprint density at radius 1 is 0.824 bits per heavy atom. The topological polar surface area (TPSA) is 134 Å². The molecule has 196 valence electrons. The summed E-state index contributed by atoms with van der Waals surface area (Å²) < 4.78 is 17.9. The van der Waals surface area contributed by atoms with Crippen LogP contribution in [0.3, 0.4) is 0 Å². The van der Waals surface area contributed by atoms with E-state index in [0.717, 1.165) is 7.11 Å². The molecule has 0 saturated heterocycles. The zero-order valence-corrected chi connectivity index (χ0v) is 22.5. The van der Waals surface area contributed by atoms with Crippen molar-refractivity contribution in [1.82, 2.24) is 5.32 Å². The Morgan fingerprint density at radius 2 is 1.38 bits per heavy atom. The Labute approximate surface area is 214 Å². The van der Waals surface area contributed by atoms with Gasteiger partial charge in [0.2, 0.25) is 9.90 Å². The monoisotopic (exact) mass is 547 g/mol. The van der Waals surface area contributed by atoms with Gasteiger partial charge >= 0.3 is 23.9 Å². The van der Waals surface area contributed by atoms with Crippen LogP contribution in [0.2, 0.25) is 0 Å². The number of ether oxygens (including phenoxy) is 4. The van der Waals surface area contributed by atoms with Gasteiger partial charge in [-0.15, -0.1) is 0 Å². The number of amides is 1. The largest absolute Gasteiger partial charge is 0.466 e. The van der Waals surface area contributed by atoms with Crippen LogP contribution < -0.4 is 5.32 Å². The van der Waals surface area contributed by atoms with Crippen LogP contribution in [0.25, 0.3) is 0 Å². The lowest BCUT2D eigenvalue weighted by atomic mass is 9.98. The van der Waals surface area contributed by atoms with Crippen molar-refractivity contribution in [2.75, 3.05) is 13.7 Å². The Bertz CT molecular complexity index is 737. The molecule has 10 nitrogen and oxygen atoms in total. The maximum absolute atomic E-state index is 12.8. The van der Waals surface area contributed by atoms with Crippen molar-refractivity contribution < 1.29 is 42.9 Å². The van der Waals surface area contributed by atoms with Crippen molar-refractivity contribution in [3.8, 4) is 0 Å². The van der Waals surface area contributed by atoms with E-state index in [4.69, 9.17) is 49.0 Å². The van der Waals surface area contributed by atoms with Crippen LogP contribution in [0, 0.1) is 17.8 Å². The van der Waals surface area contributed by atoms with Gasteiger partial charge in [0.05, 0.1) is 19.4 Å². The molecule has 0 saturated carbocycles. The van der Waals surface area contributed by atoms with Gasteiger partial charge in [-0.1, -0.05) is 69.4 Å². The molecule has 0 heterocycles. The van der Waals surface area contributed by atoms with Crippen LogP contribution in [0.4, 0.5) is 0 Å². The third kappa shape index (κ3) is 12.1. The van der Waals surface area contributed by atoms with Gasteiger partial charge in [-0.3, -0.25) is 14.4 Å². The Hall–Kier alpha value is -1.78. The minimum absolute atomic E-state index is 0.0236. The molecule has 0 bridgehead atoms. The molecule has 34 heavy (non-hydrogen) atoms. The molecule has 0 aliphatic rings. The fourth-order valence-corrected chi connectivity index (χ4v) is 2.42. The van der Waals surface area contributed by atoms with Crippen LogP contribution >= 0.6 is 34.8 Å². The van der Waals surface area contributed by atoms with E-state index in [2.05, 4.69) is 10.1 Å². The second-order valence-corrected chi connectivity index (χ2v) is 10.8. The molecule has 0 aromatic rings. The number of carbonyl (C=O) groups is 5. The average molecular weight is 549 g/mol. The van der Waals surface area contributed by atoms with E-state index in [1.165, 1.54) is 6.92 Å². The highest BCUT2D eigenvalue weighted by molar-refractivity contribution is 6.67. The van der Waals surface area contributed by atoms with Gasteiger partial charge in [-0.2, -0.15) is 0 Å². The molecule has 0 fully saturated rings. The fourth-order valence-electron chi connectivity index (χ4n) is 2.26. The zero-order chi connectivity index (χ0) is 26.8. The van der Waals surface area contributed by atoms with Gasteiger partial charge in [-0.05, 0) is 12.8 Å². The van der Waals surface area contributed by atoms with Gasteiger partial charge in [0.1, 0.15) is 12.6 Å². The summed E-state index contributed by atoms with van der Waals surface area (Å²) in [4.78, 5) is 61.6. The molecule has 1 amide bonds. The maximum atomic E-state index is 12.8. The number of hydrogen-bond donors (Lipinski definition) is 1. The minimum Gasteiger partial charge on any atom is -0.466 e. The second-order valence-electron chi connectivity index (χ2n) is 8.28. The average Bonchev–Trinajstić information content (AvgIpc) is 2.73. The molecule has 0 aliphatic carbocycles. The molecule has 1 N–H and O–H groups in total. The van der Waals surface area contributed by atoms with Crippen LogP contribution in [0.15, 0.2) is 0 Å². The zero-order valence-electron chi connectivity index (χ0n) is 20.2. The van der Waals surface area contributed by atoms with Crippen molar-refractivity contribution in [3.05, 3.63) is 0 Å². The highest BCUT2D eigenvalue weighted by Gasteiger charge is 2.35. The van der Waals surface area contributed by atoms with Gasteiger partial charge in [0.15, 0.2) is 6.10 Å². The lowest BCUT2D eigenvalue weighted by molar-refractivity contribution is -0.172. The smallest absolute Gasteiger partial charge is 0.347 e. The molecule has 0 aliphatic heterocycles. The van der Waals surface area contributed by atoms with Gasteiger partial charge in [0, 0.05) is 5.92 Å². The lowest BCUT2D eigenvalue weighted by Crippen LogP contribution is -2.49. The SMILES string of the molecule is COC(=O)C(OC(=O)C(CC(=O)OCC(Cl)(Cl)Cl)NC(=O)[C@H](C)OC(=O)[C@H](C)C(C)C)C(C)C. The number of hydrogen-bond acceptors (Lipinski definition) is 9. The van der Waals surface area contributed by atoms with E-state index in [1.54, 1.807) is 20.8 Å². The first kappa shape index (κ1) is 32.2. The first-order valence-electron chi connectivity index (χ1n) is 10.5. The number of methoxy groups -OCH3 is 1. The Kier molecular flexibility index (Phi) is 13.8. The maximum Gasteiger partial charge on any atom is 0.347 e. The second kappa shape index (κ2) is 14.6. The highest BCUT2D eigenvalue weighted by atomic mass is 35.6. The number of halogens is 3. The van der Waals surface area contributed by atoms with E-state index < -0.39 is 76.7 Å². The third-order valence-electron chi connectivity index (χ3n) is 4.68. The number of alkyl halides is 3. The van der Waals surface area contributed by atoms with Gasteiger partial charge < -0.3 is 24.3 Å². The summed E-state index contributed by atoms with van der Waals surface area (Å²) in [6.07, 6.45) is -3.29. The van der Waals surface area contributed by atoms with Gasteiger partial charge in [-0.25, -0.2) is 9.59 Å². The van der Waals surface area contributed by atoms with Crippen LogP contribution in [-0.4, -0.2) is 65.5 Å². The summed E-state index contributed by atoms with van der Waals surface area (Å²) in [5.41, 5.74) is 0. The summed E-state index contributed by atoms with van der Waals surface area (Å²) in [5.74, 6) is -5.38. The molecule has 2 unspecified atom stereocenters. The third-order valence-corrected chi connectivity index (χ3v) is 5.01. The van der Waals surface area contributed by atoms with Crippen LogP contribution in [0.1, 0.15) is 48.0 Å². The minimum atomic E-state index is -1.89. The Morgan fingerprint density at radius 3 is 1.82 bits per heavy atom. The molecule has 0 radical (unpaired) electrons. The van der Waals surface area contributed by atoms with E-state index in [9.17, 15) is 24.0 Å². The summed E-state index contributed by atoms with van der Waals surface area (Å²) in [6.45, 7) is 9.19. The molecular weight excluding hydrogens is 517 g/mol. The normalized spacial score (nSPS) is 15.1. The van der Waals surface area contributed by atoms with E-state index in [-0.39, 0.29) is 5.92 Å². The van der Waals surface area contributed by atoms with E-state index in [1.807, 2.05) is 13.8 Å². The van der Waals surface area contributed by atoms with Crippen molar-refractivity contribution in [2.45, 2.75) is 70.0 Å². The van der Waals surface area contributed by atoms with Crippen LogP contribution in [0.5, 0.6) is 0 Å². The molecule has 4 atom stereocenters. The molecule has 0 spiro atoms.